The maximum Gasteiger partial charge on any atom is 0.227 e. The number of hydrogen-bond acceptors (Lipinski definition) is 3. The van der Waals surface area contributed by atoms with Crippen molar-refractivity contribution < 1.29 is 14.3 Å². The number of hydrogen-bond donors (Lipinski definition) is 1. The van der Waals surface area contributed by atoms with E-state index in [-0.39, 0.29) is 17.7 Å². The van der Waals surface area contributed by atoms with E-state index >= 15 is 0 Å². The molecule has 1 aromatic rings. The molecule has 0 saturated heterocycles. The van der Waals surface area contributed by atoms with Crippen molar-refractivity contribution in [3.63, 3.8) is 0 Å². The van der Waals surface area contributed by atoms with Crippen LogP contribution in [-0.4, -0.2) is 25.0 Å². The zero-order chi connectivity index (χ0) is 14.1. The van der Waals surface area contributed by atoms with Crippen molar-refractivity contribution in [1.29, 1.82) is 0 Å². The Labute approximate surface area is 117 Å². The van der Waals surface area contributed by atoms with Crippen LogP contribution in [0, 0.1) is 5.92 Å². The Bertz CT molecular complexity index is 552. The molecule has 5 heteroatoms. The first-order valence-corrected chi connectivity index (χ1v) is 7.01. The standard InChI is InChI=1S/C15H18N2O3/c1-10(18)17-7-8-20-14-6-5-12(9-13(14)17)16-15(19)11-3-2-4-11/h5-6,9,11H,2-4,7-8H2,1H3,(H,16,19). The van der Waals surface area contributed by atoms with Crippen LogP contribution >= 0.6 is 0 Å². The summed E-state index contributed by atoms with van der Waals surface area (Å²) in [5.41, 5.74) is 1.45. The van der Waals surface area contributed by atoms with Gasteiger partial charge in [0.1, 0.15) is 12.4 Å². The number of fused-ring (bicyclic) bond motifs is 1. The van der Waals surface area contributed by atoms with Crippen molar-refractivity contribution >= 4 is 23.2 Å². The second kappa shape index (κ2) is 5.15. The fourth-order valence-corrected chi connectivity index (χ4v) is 2.54. The quantitative estimate of drug-likeness (QED) is 0.899. The topological polar surface area (TPSA) is 58.6 Å². The largest absolute Gasteiger partial charge is 0.490 e. The molecule has 0 radical (unpaired) electrons. The van der Waals surface area contributed by atoms with Crippen molar-refractivity contribution in [2.75, 3.05) is 23.4 Å². The Morgan fingerprint density at radius 2 is 2.15 bits per heavy atom. The molecule has 0 bridgehead atoms. The van der Waals surface area contributed by atoms with Crippen LogP contribution in [0.2, 0.25) is 0 Å². The van der Waals surface area contributed by atoms with Crippen LogP contribution < -0.4 is 15.0 Å². The van der Waals surface area contributed by atoms with Crippen LogP contribution in [-0.2, 0) is 9.59 Å². The molecule has 0 atom stereocenters. The van der Waals surface area contributed by atoms with E-state index < -0.39 is 0 Å². The van der Waals surface area contributed by atoms with Crippen molar-refractivity contribution in [2.24, 2.45) is 5.92 Å². The van der Waals surface area contributed by atoms with Crippen molar-refractivity contribution in [3.05, 3.63) is 18.2 Å². The number of nitrogens with one attached hydrogen (secondary N) is 1. The molecule has 1 saturated carbocycles. The highest BCUT2D eigenvalue weighted by Gasteiger charge is 2.26. The van der Waals surface area contributed by atoms with Gasteiger partial charge in [0, 0.05) is 18.5 Å². The predicted octanol–water partition coefficient (Wildman–Crippen LogP) is 2.17. The summed E-state index contributed by atoms with van der Waals surface area (Å²) < 4.78 is 5.54. The summed E-state index contributed by atoms with van der Waals surface area (Å²) in [6.45, 7) is 2.58. The Morgan fingerprint density at radius 1 is 1.35 bits per heavy atom. The van der Waals surface area contributed by atoms with E-state index in [1.807, 2.05) is 12.1 Å². The smallest absolute Gasteiger partial charge is 0.227 e. The van der Waals surface area contributed by atoms with Gasteiger partial charge in [-0.15, -0.1) is 0 Å². The van der Waals surface area contributed by atoms with Crippen molar-refractivity contribution in [3.8, 4) is 5.75 Å². The molecule has 1 fully saturated rings. The number of benzene rings is 1. The second-order valence-corrected chi connectivity index (χ2v) is 5.32. The highest BCUT2D eigenvalue weighted by molar-refractivity contribution is 5.97. The SMILES string of the molecule is CC(=O)N1CCOc2ccc(NC(=O)C3CCC3)cc21. The molecular weight excluding hydrogens is 256 g/mol. The van der Waals surface area contributed by atoms with E-state index in [0.717, 1.165) is 30.6 Å². The second-order valence-electron chi connectivity index (χ2n) is 5.32. The molecule has 3 rings (SSSR count). The minimum Gasteiger partial charge on any atom is -0.490 e. The summed E-state index contributed by atoms with van der Waals surface area (Å²) in [6, 6.07) is 5.44. The highest BCUT2D eigenvalue weighted by atomic mass is 16.5. The van der Waals surface area contributed by atoms with Crippen LogP contribution in [0.3, 0.4) is 0 Å². The number of carbonyl (C=O) groups excluding carboxylic acids is 2. The molecule has 1 aromatic carbocycles. The molecule has 5 nitrogen and oxygen atoms in total. The molecule has 1 aliphatic heterocycles. The highest BCUT2D eigenvalue weighted by Crippen LogP contribution is 2.35. The van der Waals surface area contributed by atoms with Crippen molar-refractivity contribution in [1.82, 2.24) is 0 Å². The summed E-state index contributed by atoms with van der Waals surface area (Å²) in [5, 5.41) is 2.92. The Balaban J connectivity index is 1.81. The molecule has 0 unspecified atom stereocenters. The normalized spacial score (nSPS) is 17.8. The van der Waals surface area contributed by atoms with Crippen LogP contribution in [0.4, 0.5) is 11.4 Å². The summed E-state index contributed by atoms with van der Waals surface area (Å²) in [4.78, 5) is 25.3. The average Bonchev–Trinajstić information content (AvgIpc) is 2.35. The van der Waals surface area contributed by atoms with Gasteiger partial charge in [0.15, 0.2) is 0 Å². The Morgan fingerprint density at radius 3 is 2.80 bits per heavy atom. The molecule has 2 amide bonds. The summed E-state index contributed by atoms with van der Waals surface area (Å²) in [7, 11) is 0. The van der Waals surface area contributed by atoms with Crippen molar-refractivity contribution in [2.45, 2.75) is 26.2 Å². The summed E-state index contributed by atoms with van der Waals surface area (Å²) in [6.07, 6.45) is 3.08. The van der Waals surface area contributed by atoms with Gasteiger partial charge in [0.2, 0.25) is 11.8 Å². The first-order valence-electron chi connectivity index (χ1n) is 7.01. The van der Waals surface area contributed by atoms with Gasteiger partial charge in [-0.2, -0.15) is 0 Å². The lowest BCUT2D eigenvalue weighted by molar-refractivity contribution is -0.122. The number of rotatable bonds is 2. The third-order valence-corrected chi connectivity index (χ3v) is 3.95. The van der Waals surface area contributed by atoms with E-state index in [1.54, 1.807) is 11.0 Å². The zero-order valence-corrected chi connectivity index (χ0v) is 11.5. The molecular formula is C15H18N2O3. The lowest BCUT2D eigenvalue weighted by Crippen LogP contribution is -2.36. The van der Waals surface area contributed by atoms with E-state index in [9.17, 15) is 9.59 Å². The molecule has 20 heavy (non-hydrogen) atoms. The lowest BCUT2D eigenvalue weighted by Gasteiger charge is -2.29. The number of carbonyl (C=O) groups is 2. The fourth-order valence-electron chi connectivity index (χ4n) is 2.54. The van der Waals surface area contributed by atoms with Gasteiger partial charge < -0.3 is 15.0 Å². The van der Waals surface area contributed by atoms with Crippen LogP contribution in [0.5, 0.6) is 5.75 Å². The predicted molar refractivity (Wildman–Crippen MR) is 75.9 cm³/mol. The minimum absolute atomic E-state index is 0.0166. The van der Waals surface area contributed by atoms with Gasteiger partial charge in [0.25, 0.3) is 0 Å². The lowest BCUT2D eigenvalue weighted by atomic mass is 9.85. The summed E-state index contributed by atoms with van der Waals surface area (Å²) in [5.74, 6) is 0.888. The van der Waals surface area contributed by atoms with E-state index in [0.29, 0.717) is 18.9 Å². The van der Waals surface area contributed by atoms with Gasteiger partial charge >= 0.3 is 0 Å². The first kappa shape index (κ1) is 13.0. The van der Waals surface area contributed by atoms with Gasteiger partial charge in [-0.1, -0.05) is 6.42 Å². The third kappa shape index (κ3) is 2.35. The van der Waals surface area contributed by atoms with Gasteiger partial charge in [-0.25, -0.2) is 0 Å². The maximum absolute atomic E-state index is 12.0. The fraction of sp³-hybridized carbons (Fsp3) is 0.467. The minimum atomic E-state index is -0.0166. The molecule has 1 heterocycles. The zero-order valence-electron chi connectivity index (χ0n) is 11.5. The number of ether oxygens (including phenoxy) is 1. The van der Waals surface area contributed by atoms with Gasteiger partial charge in [-0.3, -0.25) is 9.59 Å². The maximum atomic E-state index is 12.0. The number of anilines is 2. The van der Waals surface area contributed by atoms with Gasteiger partial charge in [-0.05, 0) is 31.0 Å². The average molecular weight is 274 g/mol. The van der Waals surface area contributed by atoms with Gasteiger partial charge in [0.05, 0.1) is 12.2 Å². The van der Waals surface area contributed by atoms with E-state index in [2.05, 4.69) is 5.32 Å². The molecule has 106 valence electrons. The summed E-state index contributed by atoms with van der Waals surface area (Å²) >= 11 is 0. The van der Waals surface area contributed by atoms with E-state index in [1.165, 1.54) is 6.92 Å². The van der Waals surface area contributed by atoms with Crippen LogP contribution in [0.1, 0.15) is 26.2 Å². The van der Waals surface area contributed by atoms with Crippen LogP contribution in [0.25, 0.3) is 0 Å². The number of nitrogens with zero attached hydrogens (tertiary/aromatic N) is 1. The molecule has 2 aliphatic rings. The Hall–Kier alpha value is -2.04. The number of amides is 2. The monoisotopic (exact) mass is 274 g/mol. The molecule has 1 N–H and O–H groups in total. The van der Waals surface area contributed by atoms with Crippen LogP contribution in [0.15, 0.2) is 18.2 Å². The molecule has 0 aromatic heterocycles. The Kier molecular flexibility index (Phi) is 3.34. The van der Waals surface area contributed by atoms with E-state index in [4.69, 9.17) is 4.74 Å². The first-order chi connectivity index (χ1) is 9.65. The third-order valence-electron chi connectivity index (χ3n) is 3.95. The molecule has 1 aliphatic carbocycles. The molecule has 0 spiro atoms.